The molecule has 0 aliphatic heterocycles. The zero-order valence-corrected chi connectivity index (χ0v) is 6.60. The Morgan fingerprint density at radius 2 is 2.60 bits per heavy atom. The Labute approximate surface area is 65.1 Å². The summed E-state index contributed by atoms with van der Waals surface area (Å²) in [5, 5.41) is 3.98. The maximum absolute atomic E-state index is 5.56. The first-order chi connectivity index (χ1) is 4.74. The SMILES string of the molecule is C=C(CCl)c1cnn(C)c1. The van der Waals surface area contributed by atoms with Crippen LogP contribution in [0.2, 0.25) is 0 Å². The smallest absolute Gasteiger partial charge is 0.0565 e. The predicted octanol–water partition coefficient (Wildman–Crippen LogP) is 1.67. The lowest BCUT2D eigenvalue weighted by Crippen LogP contribution is -1.84. The van der Waals surface area contributed by atoms with Crippen LogP contribution in [0.3, 0.4) is 0 Å². The molecule has 10 heavy (non-hydrogen) atoms. The van der Waals surface area contributed by atoms with E-state index in [4.69, 9.17) is 11.6 Å². The number of hydrogen-bond donors (Lipinski definition) is 0. The van der Waals surface area contributed by atoms with Crippen LogP contribution in [0, 0.1) is 0 Å². The molecule has 0 aromatic carbocycles. The lowest BCUT2D eigenvalue weighted by Gasteiger charge is -1.92. The average molecular weight is 157 g/mol. The minimum atomic E-state index is 0.464. The lowest BCUT2D eigenvalue weighted by molar-refractivity contribution is 0.767. The molecule has 1 aromatic rings. The molecule has 0 radical (unpaired) electrons. The molecule has 0 saturated heterocycles. The van der Waals surface area contributed by atoms with Crippen molar-refractivity contribution in [2.24, 2.45) is 7.05 Å². The van der Waals surface area contributed by atoms with Gasteiger partial charge in [0.25, 0.3) is 0 Å². The number of aromatic nitrogens is 2. The van der Waals surface area contributed by atoms with Gasteiger partial charge in [0.15, 0.2) is 0 Å². The topological polar surface area (TPSA) is 17.8 Å². The Balaban J connectivity index is 2.85. The second kappa shape index (κ2) is 2.88. The van der Waals surface area contributed by atoms with Crippen LogP contribution in [0.1, 0.15) is 5.56 Å². The zero-order chi connectivity index (χ0) is 7.56. The molecule has 0 unspecified atom stereocenters. The maximum Gasteiger partial charge on any atom is 0.0565 e. The molecule has 1 heterocycles. The monoisotopic (exact) mass is 156 g/mol. The summed E-state index contributed by atoms with van der Waals surface area (Å²) in [5.41, 5.74) is 1.92. The highest BCUT2D eigenvalue weighted by Crippen LogP contribution is 2.11. The Morgan fingerprint density at radius 1 is 1.90 bits per heavy atom. The second-order valence-corrected chi connectivity index (χ2v) is 2.41. The highest BCUT2D eigenvalue weighted by molar-refractivity contribution is 6.23. The summed E-state index contributed by atoms with van der Waals surface area (Å²) in [6, 6.07) is 0. The molecule has 1 rings (SSSR count). The average Bonchev–Trinajstić information content (AvgIpc) is 2.34. The van der Waals surface area contributed by atoms with Crippen molar-refractivity contribution in [3.63, 3.8) is 0 Å². The summed E-state index contributed by atoms with van der Waals surface area (Å²) in [6.07, 6.45) is 3.65. The van der Waals surface area contributed by atoms with E-state index >= 15 is 0 Å². The van der Waals surface area contributed by atoms with Gasteiger partial charge in [0.05, 0.1) is 6.20 Å². The van der Waals surface area contributed by atoms with E-state index in [0.717, 1.165) is 11.1 Å². The first-order valence-electron chi connectivity index (χ1n) is 2.97. The largest absolute Gasteiger partial charge is 0.275 e. The fourth-order valence-corrected chi connectivity index (χ4v) is 0.835. The van der Waals surface area contributed by atoms with Crippen LogP contribution in [0.25, 0.3) is 5.57 Å². The van der Waals surface area contributed by atoms with Crippen molar-refractivity contribution in [2.75, 3.05) is 5.88 Å². The van der Waals surface area contributed by atoms with Gasteiger partial charge in [0.1, 0.15) is 0 Å². The molecule has 3 heteroatoms. The number of allylic oxidation sites excluding steroid dienone is 1. The van der Waals surface area contributed by atoms with Crippen LogP contribution in [-0.4, -0.2) is 15.7 Å². The van der Waals surface area contributed by atoms with Crippen molar-refractivity contribution in [1.29, 1.82) is 0 Å². The summed E-state index contributed by atoms with van der Waals surface area (Å²) in [7, 11) is 1.87. The fourth-order valence-electron chi connectivity index (χ4n) is 0.681. The summed E-state index contributed by atoms with van der Waals surface area (Å²) in [5.74, 6) is 0.464. The van der Waals surface area contributed by atoms with Crippen molar-refractivity contribution in [1.82, 2.24) is 9.78 Å². The summed E-state index contributed by atoms with van der Waals surface area (Å²) in [6.45, 7) is 3.77. The van der Waals surface area contributed by atoms with Gasteiger partial charge in [-0.3, -0.25) is 4.68 Å². The molecule has 0 saturated carbocycles. The first-order valence-corrected chi connectivity index (χ1v) is 3.50. The standard InChI is InChI=1S/C7H9ClN2/c1-6(3-8)7-4-9-10(2)5-7/h4-5H,1,3H2,2H3. The van der Waals surface area contributed by atoms with Crippen LogP contribution in [0.15, 0.2) is 19.0 Å². The van der Waals surface area contributed by atoms with Gasteiger partial charge in [-0.2, -0.15) is 5.10 Å². The minimum absolute atomic E-state index is 0.464. The summed E-state index contributed by atoms with van der Waals surface area (Å²) < 4.78 is 1.73. The van der Waals surface area contributed by atoms with Crippen LogP contribution in [0.4, 0.5) is 0 Å². The van der Waals surface area contributed by atoms with E-state index in [1.54, 1.807) is 10.9 Å². The van der Waals surface area contributed by atoms with Gasteiger partial charge in [-0.1, -0.05) is 6.58 Å². The molecular weight excluding hydrogens is 148 g/mol. The summed E-state index contributed by atoms with van der Waals surface area (Å²) in [4.78, 5) is 0. The van der Waals surface area contributed by atoms with E-state index in [-0.39, 0.29) is 0 Å². The van der Waals surface area contributed by atoms with Crippen molar-refractivity contribution in [3.8, 4) is 0 Å². The molecule has 0 atom stereocenters. The number of aryl methyl sites for hydroxylation is 1. The van der Waals surface area contributed by atoms with Gasteiger partial charge in [-0.25, -0.2) is 0 Å². The Kier molecular flexibility index (Phi) is 2.12. The molecule has 0 spiro atoms. The molecule has 54 valence electrons. The molecule has 2 nitrogen and oxygen atoms in total. The van der Waals surface area contributed by atoms with Gasteiger partial charge >= 0.3 is 0 Å². The molecule has 0 aliphatic rings. The van der Waals surface area contributed by atoms with Gasteiger partial charge in [-0.05, 0) is 5.57 Å². The molecule has 0 N–H and O–H groups in total. The van der Waals surface area contributed by atoms with E-state index in [2.05, 4.69) is 11.7 Å². The molecular formula is C7H9ClN2. The Bertz CT molecular complexity index is 240. The number of rotatable bonds is 2. The van der Waals surface area contributed by atoms with Crippen LogP contribution < -0.4 is 0 Å². The van der Waals surface area contributed by atoms with E-state index in [1.165, 1.54) is 0 Å². The minimum Gasteiger partial charge on any atom is -0.275 e. The lowest BCUT2D eigenvalue weighted by atomic mass is 10.2. The van der Waals surface area contributed by atoms with Gasteiger partial charge < -0.3 is 0 Å². The normalized spacial score (nSPS) is 9.80. The van der Waals surface area contributed by atoms with Crippen LogP contribution >= 0.6 is 11.6 Å². The van der Waals surface area contributed by atoms with E-state index in [1.807, 2.05) is 13.2 Å². The quantitative estimate of drug-likeness (QED) is 0.596. The number of nitrogens with zero attached hydrogens (tertiary/aromatic N) is 2. The highest BCUT2D eigenvalue weighted by atomic mass is 35.5. The van der Waals surface area contributed by atoms with Crippen molar-refractivity contribution in [3.05, 3.63) is 24.5 Å². The van der Waals surface area contributed by atoms with E-state index in [0.29, 0.717) is 5.88 Å². The Hall–Kier alpha value is -0.760. The number of hydrogen-bond acceptors (Lipinski definition) is 1. The molecule has 1 aromatic heterocycles. The Morgan fingerprint density at radius 3 is 3.00 bits per heavy atom. The van der Waals surface area contributed by atoms with E-state index < -0.39 is 0 Å². The third kappa shape index (κ3) is 1.39. The zero-order valence-electron chi connectivity index (χ0n) is 5.84. The van der Waals surface area contributed by atoms with Crippen molar-refractivity contribution < 1.29 is 0 Å². The first kappa shape index (κ1) is 7.35. The van der Waals surface area contributed by atoms with Crippen molar-refractivity contribution >= 4 is 17.2 Å². The number of halogens is 1. The van der Waals surface area contributed by atoms with E-state index in [9.17, 15) is 0 Å². The molecule has 0 fully saturated rings. The van der Waals surface area contributed by atoms with Crippen molar-refractivity contribution in [2.45, 2.75) is 0 Å². The highest BCUT2D eigenvalue weighted by Gasteiger charge is 1.97. The molecule has 0 amide bonds. The molecule has 0 aliphatic carbocycles. The molecule has 0 bridgehead atoms. The van der Waals surface area contributed by atoms with Crippen LogP contribution in [-0.2, 0) is 7.05 Å². The number of alkyl halides is 1. The maximum atomic E-state index is 5.56. The predicted molar refractivity (Wildman–Crippen MR) is 43.0 cm³/mol. The third-order valence-corrected chi connectivity index (χ3v) is 1.60. The summed E-state index contributed by atoms with van der Waals surface area (Å²) >= 11 is 5.56. The van der Waals surface area contributed by atoms with Crippen LogP contribution in [0.5, 0.6) is 0 Å². The second-order valence-electron chi connectivity index (χ2n) is 2.14. The third-order valence-electron chi connectivity index (χ3n) is 1.27. The van der Waals surface area contributed by atoms with Gasteiger partial charge in [0.2, 0.25) is 0 Å². The fraction of sp³-hybridized carbons (Fsp3) is 0.286. The van der Waals surface area contributed by atoms with Gasteiger partial charge in [0, 0.05) is 24.7 Å². The van der Waals surface area contributed by atoms with Gasteiger partial charge in [-0.15, -0.1) is 11.6 Å².